The van der Waals surface area contributed by atoms with Gasteiger partial charge in [0.1, 0.15) is 11.6 Å². The van der Waals surface area contributed by atoms with Crippen molar-refractivity contribution in [3.05, 3.63) is 28.5 Å². The first kappa shape index (κ1) is 10.9. The van der Waals surface area contributed by atoms with Crippen LogP contribution in [0.3, 0.4) is 0 Å². The van der Waals surface area contributed by atoms with E-state index in [2.05, 4.69) is 31.2 Å². The van der Waals surface area contributed by atoms with Crippen LogP contribution in [-0.4, -0.2) is 23.1 Å². The van der Waals surface area contributed by atoms with E-state index in [1.807, 2.05) is 18.2 Å². The molecule has 4 nitrogen and oxygen atoms in total. The Morgan fingerprint density at radius 2 is 2.24 bits per heavy atom. The molecule has 0 aliphatic carbocycles. The van der Waals surface area contributed by atoms with Gasteiger partial charge in [-0.3, -0.25) is 0 Å². The van der Waals surface area contributed by atoms with Crippen LogP contribution in [0.25, 0.3) is 10.9 Å². The minimum atomic E-state index is 0.394. The Morgan fingerprint density at radius 3 is 3.00 bits per heavy atom. The second-order valence-corrected chi connectivity index (χ2v) is 5.23. The van der Waals surface area contributed by atoms with Gasteiger partial charge in [0.25, 0.3) is 0 Å². The lowest BCUT2D eigenvalue weighted by molar-refractivity contribution is 0.709. The van der Waals surface area contributed by atoms with Crippen molar-refractivity contribution < 1.29 is 0 Å². The fourth-order valence-electron chi connectivity index (χ4n) is 2.20. The summed E-state index contributed by atoms with van der Waals surface area (Å²) in [7, 11) is 0. The van der Waals surface area contributed by atoms with E-state index in [4.69, 9.17) is 5.73 Å². The maximum Gasteiger partial charge on any atom is 0.135 e. The van der Waals surface area contributed by atoms with Crippen LogP contribution in [0, 0.1) is 0 Å². The van der Waals surface area contributed by atoms with Crippen molar-refractivity contribution in [3.8, 4) is 0 Å². The fourth-order valence-corrected chi connectivity index (χ4v) is 2.56. The molecule has 1 saturated heterocycles. The summed E-state index contributed by atoms with van der Waals surface area (Å²) in [6, 6.07) is 5.91. The fraction of sp³-hybridized carbons (Fsp3) is 0.333. The molecule has 2 aromatic rings. The second kappa shape index (κ2) is 4.23. The number of nitrogens with one attached hydrogen (secondary N) is 1. The average molecular weight is 293 g/mol. The Labute approximate surface area is 108 Å². The second-order valence-electron chi connectivity index (χ2n) is 4.32. The number of nitrogens with zero attached hydrogens (tertiary/aromatic N) is 2. The number of hydrogen-bond donors (Lipinski definition) is 2. The number of halogens is 1. The molecule has 1 atom stereocenters. The van der Waals surface area contributed by atoms with Gasteiger partial charge in [0.05, 0.1) is 5.52 Å². The highest BCUT2D eigenvalue weighted by atomic mass is 79.9. The molecule has 1 aliphatic heterocycles. The highest BCUT2D eigenvalue weighted by molar-refractivity contribution is 9.10. The van der Waals surface area contributed by atoms with E-state index in [0.717, 1.165) is 40.7 Å². The number of hydrogen-bond acceptors (Lipinski definition) is 4. The summed E-state index contributed by atoms with van der Waals surface area (Å²) in [5.41, 5.74) is 6.92. The van der Waals surface area contributed by atoms with E-state index in [-0.39, 0.29) is 0 Å². The highest BCUT2D eigenvalue weighted by Crippen LogP contribution is 2.26. The third-order valence-corrected chi connectivity index (χ3v) is 3.62. The topological polar surface area (TPSA) is 63.8 Å². The Hall–Kier alpha value is -1.20. The van der Waals surface area contributed by atoms with Crippen molar-refractivity contribution in [2.45, 2.75) is 12.3 Å². The summed E-state index contributed by atoms with van der Waals surface area (Å²) in [5, 5.41) is 4.23. The lowest BCUT2D eigenvalue weighted by atomic mass is 10.1. The van der Waals surface area contributed by atoms with Crippen molar-refractivity contribution in [1.29, 1.82) is 0 Å². The summed E-state index contributed by atoms with van der Waals surface area (Å²) in [6.07, 6.45) is 1.08. The van der Waals surface area contributed by atoms with Crippen molar-refractivity contribution in [2.75, 3.05) is 18.8 Å². The molecule has 5 heteroatoms. The summed E-state index contributed by atoms with van der Waals surface area (Å²) in [4.78, 5) is 9.04. The van der Waals surface area contributed by atoms with Gasteiger partial charge in [-0.05, 0) is 31.2 Å². The maximum absolute atomic E-state index is 6.00. The van der Waals surface area contributed by atoms with E-state index in [9.17, 15) is 0 Å². The summed E-state index contributed by atoms with van der Waals surface area (Å²) < 4.78 is 0.996. The van der Waals surface area contributed by atoms with Crippen LogP contribution in [0.5, 0.6) is 0 Å². The number of aromatic nitrogens is 2. The number of rotatable bonds is 1. The standard InChI is InChI=1S/C12H13BrN4/c13-8-1-2-10-9(5-8)11(14)17-12(16-10)7-3-4-15-6-7/h1-2,5,7,15H,3-4,6H2,(H2,14,16,17). The van der Waals surface area contributed by atoms with Crippen LogP contribution in [0.2, 0.25) is 0 Å². The first-order valence-corrected chi connectivity index (χ1v) is 6.47. The van der Waals surface area contributed by atoms with Gasteiger partial charge in [0.2, 0.25) is 0 Å². The van der Waals surface area contributed by atoms with Gasteiger partial charge in [-0.1, -0.05) is 15.9 Å². The van der Waals surface area contributed by atoms with Crippen LogP contribution in [-0.2, 0) is 0 Å². The van der Waals surface area contributed by atoms with E-state index in [1.54, 1.807) is 0 Å². The third kappa shape index (κ3) is 2.00. The van der Waals surface area contributed by atoms with Gasteiger partial charge in [-0.15, -0.1) is 0 Å². The van der Waals surface area contributed by atoms with Crippen LogP contribution in [0.1, 0.15) is 18.2 Å². The van der Waals surface area contributed by atoms with Gasteiger partial charge in [0.15, 0.2) is 0 Å². The highest BCUT2D eigenvalue weighted by Gasteiger charge is 2.20. The average Bonchev–Trinajstić information content (AvgIpc) is 2.83. The van der Waals surface area contributed by atoms with Gasteiger partial charge in [-0.25, -0.2) is 9.97 Å². The molecule has 0 radical (unpaired) electrons. The molecular weight excluding hydrogens is 280 g/mol. The van der Waals surface area contributed by atoms with Crippen molar-refractivity contribution in [2.24, 2.45) is 0 Å². The van der Waals surface area contributed by atoms with Crippen molar-refractivity contribution in [1.82, 2.24) is 15.3 Å². The Bertz CT molecular complexity index is 564. The zero-order valence-electron chi connectivity index (χ0n) is 9.28. The van der Waals surface area contributed by atoms with E-state index in [0.29, 0.717) is 11.7 Å². The monoisotopic (exact) mass is 292 g/mol. The molecule has 1 fully saturated rings. The Kier molecular flexibility index (Phi) is 2.72. The van der Waals surface area contributed by atoms with Gasteiger partial charge >= 0.3 is 0 Å². The third-order valence-electron chi connectivity index (χ3n) is 3.13. The molecule has 2 heterocycles. The number of anilines is 1. The van der Waals surface area contributed by atoms with Gasteiger partial charge < -0.3 is 11.1 Å². The molecule has 0 amide bonds. The molecule has 1 aromatic heterocycles. The molecule has 1 aliphatic rings. The molecule has 1 unspecified atom stereocenters. The van der Waals surface area contributed by atoms with Crippen molar-refractivity contribution >= 4 is 32.7 Å². The molecule has 3 rings (SSSR count). The molecule has 17 heavy (non-hydrogen) atoms. The van der Waals surface area contributed by atoms with Crippen LogP contribution < -0.4 is 11.1 Å². The normalized spacial score (nSPS) is 19.9. The van der Waals surface area contributed by atoms with Crippen molar-refractivity contribution in [3.63, 3.8) is 0 Å². The molecule has 88 valence electrons. The van der Waals surface area contributed by atoms with Crippen LogP contribution in [0.15, 0.2) is 22.7 Å². The number of fused-ring (bicyclic) bond motifs is 1. The molecule has 1 aromatic carbocycles. The first-order valence-electron chi connectivity index (χ1n) is 5.67. The zero-order valence-corrected chi connectivity index (χ0v) is 10.9. The lowest BCUT2D eigenvalue weighted by Gasteiger charge is -2.09. The number of benzene rings is 1. The quantitative estimate of drug-likeness (QED) is 0.844. The molecule has 3 N–H and O–H groups in total. The smallest absolute Gasteiger partial charge is 0.135 e. The minimum absolute atomic E-state index is 0.394. The Balaban J connectivity index is 2.13. The summed E-state index contributed by atoms with van der Waals surface area (Å²) in [5.74, 6) is 1.82. The largest absolute Gasteiger partial charge is 0.383 e. The molecule has 0 bridgehead atoms. The predicted octanol–water partition coefficient (Wildman–Crippen LogP) is 2.05. The molecular formula is C12H13BrN4. The first-order chi connectivity index (χ1) is 8.24. The van der Waals surface area contributed by atoms with Gasteiger partial charge in [-0.2, -0.15) is 0 Å². The van der Waals surface area contributed by atoms with E-state index in [1.165, 1.54) is 0 Å². The molecule has 0 saturated carbocycles. The number of nitrogens with two attached hydrogens (primary N) is 1. The van der Waals surface area contributed by atoms with E-state index >= 15 is 0 Å². The predicted molar refractivity (Wildman–Crippen MR) is 71.9 cm³/mol. The summed E-state index contributed by atoms with van der Waals surface area (Å²) >= 11 is 3.43. The minimum Gasteiger partial charge on any atom is -0.383 e. The van der Waals surface area contributed by atoms with Crippen LogP contribution in [0.4, 0.5) is 5.82 Å². The zero-order chi connectivity index (χ0) is 11.8. The Morgan fingerprint density at radius 1 is 1.35 bits per heavy atom. The number of nitrogen functional groups attached to an aromatic ring is 1. The van der Waals surface area contributed by atoms with Crippen LogP contribution >= 0.6 is 15.9 Å². The SMILES string of the molecule is Nc1nc(C2CCNC2)nc2ccc(Br)cc12. The molecule has 0 spiro atoms. The summed E-state index contributed by atoms with van der Waals surface area (Å²) in [6.45, 7) is 1.98. The lowest BCUT2D eigenvalue weighted by Crippen LogP contribution is -2.11. The van der Waals surface area contributed by atoms with E-state index < -0.39 is 0 Å². The van der Waals surface area contributed by atoms with Gasteiger partial charge in [0, 0.05) is 22.3 Å². The maximum atomic E-state index is 6.00.